The Morgan fingerprint density at radius 1 is 0.857 bits per heavy atom. The predicted octanol–water partition coefficient (Wildman–Crippen LogP) is 6.84. The van der Waals surface area contributed by atoms with Gasteiger partial charge < -0.3 is 0 Å². The summed E-state index contributed by atoms with van der Waals surface area (Å²) in [6.45, 7) is 2.26. The van der Waals surface area contributed by atoms with Gasteiger partial charge in [-0.25, -0.2) is 9.97 Å². The van der Waals surface area contributed by atoms with Crippen LogP contribution in [0.2, 0.25) is 0 Å². The maximum absolute atomic E-state index is 9.04. The largest absolute Gasteiger partial charge is 0.240 e. The highest BCUT2D eigenvalue weighted by molar-refractivity contribution is 5.61. The van der Waals surface area contributed by atoms with Crippen LogP contribution in [0.15, 0.2) is 36.7 Å². The standard InChI is InChI=1S/C25H33N3/c1-2-3-4-5-6-7-8-20-9-13-22(14-10-20)24-18-27-25(28-19-24)23-15-11-21(17-26)12-16-23/h9-10,13-14,18-19,21,23H,2-8,11-12,15-16H2,1H3/t21-,23-. The molecule has 0 atom stereocenters. The first-order valence-corrected chi connectivity index (χ1v) is 11.1. The van der Waals surface area contributed by atoms with Crippen molar-refractivity contribution < 1.29 is 0 Å². The lowest BCUT2D eigenvalue weighted by Crippen LogP contribution is -2.14. The summed E-state index contributed by atoms with van der Waals surface area (Å²) in [6.07, 6.45) is 17.2. The number of hydrogen-bond donors (Lipinski definition) is 0. The second kappa shape index (κ2) is 11.0. The lowest BCUT2D eigenvalue weighted by molar-refractivity contribution is 0.372. The van der Waals surface area contributed by atoms with E-state index in [1.807, 2.05) is 12.4 Å². The maximum Gasteiger partial charge on any atom is 0.131 e. The van der Waals surface area contributed by atoms with Crippen LogP contribution in [0.1, 0.15) is 88.4 Å². The molecule has 0 aliphatic heterocycles. The van der Waals surface area contributed by atoms with Gasteiger partial charge in [-0.2, -0.15) is 5.26 Å². The summed E-state index contributed by atoms with van der Waals surface area (Å²) < 4.78 is 0. The summed E-state index contributed by atoms with van der Waals surface area (Å²) in [7, 11) is 0. The van der Waals surface area contributed by atoms with E-state index in [0.29, 0.717) is 5.92 Å². The first kappa shape index (κ1) is 20.5. The zero-order valence-electron chi connectivity index (χ0n) is 17.2. The van der Waals surface area contributed by atoms with Crippen molar-refractivity contribution in [2.75, 3.05) is 0 Å². The van der Waals surface area contributed by atoms with Crippen LogP contribution in [-0.2, 0) is 6.42 Å². The molecule has 0 amide bonds. The van der Waals surface area contributed by atoms with Crippen LogP contribution in [0.3, 0.4) is 0 Å². The molecule has 1 fully saturated rings. The molecule has 3 rings (SSSR count). The molecule has 0 N–H and O–H groups in total. The molecule has 1 heterocycles. The summed E-state index contributed by atoms with van der Waals surface area (Å²) in [5.41, 5.74) is 3.69. The fourth-order valence-corrected chi connectivity index (χ4v) is 4.15. The number of aryl methyl sites for hydroxylation is 1. The number of aromatic nitrogens is 2. The van der Waals surface area contributed by atoms with Gasteiger partial charge >= 0.3 is 0 Å². The minimum atomic E-state index is 0.227. The Morgan fingerprint density at radius 3 is 2.14 bits per heavy atom. The SMILES string of the molecule is CCCCCCCCc1ccc(-c2cnc([C@H]3CC[C@H](C#N)CC3)nc2)cc1. The average molecular weight is 376 g/mol. The van der Waals surface area contributed by atoms with Crippen LogP contribution in [0.5, 0.6) is 0 Å². The first-order valence-electron chi connectivity index (χ1n) is 11.1. The highest BCUT2D eigenvalue weighted by atomic mass is 14.9. The minimum Gasteiger partial charge on any atom is -0.240 e. The Bertz CT molecular complexity index is 735. The zero-order valence-corrected chi connectivity index (χ0v) is 17.2. The van der Waals surface area contributed by atoms with Gasteiger partial charge in [0, 0.05) is 29.8 Å². The van der Waals surface area contributed by atoms with E-state index in [1.165, 1.54) is 56.1 Å². The number of unbranched alkanes of at least 4 members (excludes halogenated alkanes) is 5. The van der Waals surface area contributed by atoms with Crippen molar-refractivity contribution in [3.05, 3.63) is 48.0 Å². The van der Waals surface area contributed by atoms with Gasteiger partial charge in [-0.05, 0) is 49.7 Å². The molecule has 28 heavy (non-hydrogen) atoms. The molecule has 0 spiro atoms. The van der Waals surface area contributed by atoms with Crippen LogP contribution < -0.4 is 0 Å². The van der Waals surface area contributed by atoms with Crippen LogP contribution in [-0.4, -0.2) is 9.97 Å². The van der Waals surface area contributed by atoms with E-state index in [4.69, 9.17) is 5.26 Å². The van der Waals surface area contributed by atoms with Crippen molar-refractivity contribution in [3.8, 4) is 17.2 Å². The van der Waals surface area contributed by atoms with Gasteiger partial charge in [0.25, 0.3) is 0 Å². The van der Waals surface area contributed by atoms with Crippen LogP contribution in [0.25, 0.3) is 11.1 Å². The Hall–Kier alpha value is -2.21. The van der Waals surface area contributed by atoms with Crippen LogP contribution in [0, 0.1) is 17.2 Å². The highest BCUT2D eigenvalue weighted by Gasteiger charge is 2.23. The molecule has 148 valence electrons. The van der Waals surface area contributed by atoms with E-state index >= 15 is 0 Å². The third-order valence-electron chi connectivity index (χ3n) is 6.05. The zero-order chi connectivity index (χ0) is 19.6. The van der Waals surface area contributed by atoms with Crippen molar-refractivity contribution in [1.29, 1.82) is 5.26 Å². The van der Waals surface area contributed by atoms with Crippen molar-refractivity contribution in [2.45, 2.75) is 83.5 Å². The molecule has 0 bridgehead atoms. The van der Waals surface area contributed by atoms with E-state index in [2.05, 4.69) is 47.2 Å². The lowest BCUT2D eigenvalue weighted by atomic mass is 9.82. The van der Waals surface area contributed by atoms with Crippen molar-refractivity contribution >= 4 is 0 Å². The Morgan fingerprint density at radius 2 is 1.50 bits per heavy atom. The van der Waals surface area contributed by atoms with Crippen molar-refractivity contribution in [3.63, 3.8) is 0 Å². The maximum atomic E-state index is 9.04. The van der Waals surface area contributed by atoms with Gasteiger partial charge in [0.05, 0.1) is 6.07 Å². The minimum absolute atomic E-state index is 0.227. The summed E-state index contributed by atoms with van der Waals surface area (Å²) in [5.74, 6) is 1.59. The fraction of sp³-hybridized carbons (Fsp3) is 0.560. The molecule has 0 unspecified atom stereocenters. The molecule has 2 aromatic rings. The van der Waals surface area contributed by atoms with Gasteiger partial charge in [0.2, 0.25) is 0 Å². The molecule has 1 saturated carbocycles. The highest BCUT2D eigenvalue weighted by Crippen LogP contribution is 2.34. The second-order valence-electron chi connectivity index (χ2n) is 8.22. The number of hydrogen-bond acceptors (Lipinski definition) is 3. The summed E-state index contributed by atoms with van der Waals surface area (Å²) in [5, 5.41) is 9.04. The fourth-order valence-electron chi connectivity index (χ4n) is 4.15. The van der Waals surface area contributed by atoms with E-state index in [1.54, 1.807) is 0 Å². The lowest BCUT2D eigenvalue weighted by Gasteiger charge is -2.23. The van der Waals surface area contributed by atoms with Gasteiger partial charge in [-0.15, -0.1) is 0 Å². The predicted molar refractivity (Wildman–Crippen MR) is 115 cm³/mol. The number of rotatable bonds is 9. The smallest absolute Gasteiger partial charge is 0.131 e. The number of benzene rings is 1. The van der Waals surface area contributed by atoms with E-state index < -0.39 is 0 Å². The normalized spacial score (nSPS) is 19.3. The molecular weight excluding hydrogens is 342 g/mol. The van der Waals surface area contributed by atoms with E-state index in [0.717, 1.165) is 37.1 Å². The Labute approximate surface area is 170 Å². The molecule has 1 aromatic heterocycles. The molecule has 0 saturated heterocycles. The van der Waals surface area contributed by atoms with Crippen molar-refractivity contribution in [2.24, 2.45) is 5.92 Å². The molecule has 3 nitrogen and oxygen atoms in total. The van der Waals surface area contributed by atoms with Gasteiger partial charge in [-0.3, -0.25) is 0 Å². The van der Waals surface area contributed by atoms with Gasteiger partial charge in [-0.1, -0.05) is 63.3 Å². The second-order valence-corrected chi connectivity index (χ2v) is 8.22. The van der Waals surface area contributed by atoms with Crippen molar-refractivity contribution in [1.82, 2.24) is 9.97 Å². The average Bonchev–Trinajstić information content (AvgIpc) is 2.77. The first-order chi connectivity index (χ1) is 13.8. The molecule has 1 aromatic carbocycles. The topological polar surface area (TPSA) is 49.6 Å². The number of nitrogens with zero attached hydrogens (tertiary/aromatic N) is 3. The summed E-state index contributed by atoms with van der Waals surface area (Å²) >= 11 is 0. The van der Waals surface area contributed by atoms with Crippen LogP contribution in [0.4, 0.5) is 0 Å². The molecule has 0 radical (unpaired) electrons. The molecule has 1 aliphatic rings. The summed E-state index contributed by atoms with van der Waals surface area (Å²) in [6, 6.07) is 11.3. The molecular formula is C25H33N3. The van der Waals surface area contributed by atoms with Gasteiger partial charge in [0.1, 0.15) is 5.82 Å². The molecule has 1 aliphatic carbocycles. The monoisotopic (exact) mass is 375 g/mol. The van der Waals surface area contributed by atoms with Crippen LogP contribution >= 0.6 is 0 Å². The van der Waals surface area contributed by atoms with Gasteiger partial charge in [0.15, 0.2) is 0 Å². The third-order valence-corrected chi connectivity index (χ3v) is 6.05. The quantitative estimate of drug-likeness (QED) is 0.451. The number of nitriles is 1. The summed E-state index contributed by atoms with van der Waals surface area (Å²) in [4.78, 5) is 9.29. The Kier molecular flexibility index (Phi) is 8.03. The third kappa shape index (κ3) is 5.89. The van der Waals surface area contributed by atoms with E-state index in [-0.39, 0.29) is 5.92 Å². The Balaban J connectivity index is 1.49. The molecule has 3 heteroatoms. The van der Waals surface area contributed by atoms with E-state index in [9.17, 15) is 0 Å².